The van der Waals surface area contributed by atoms with Gasteiger partial charge in [-0.1, -0.05) is 0 Å². The van der Waals surface area contributed by atoms with Crippen molar-refractivity contribution < 1.29 is 14.2 Å². The maximum atomic E-state index is 15.2. The van der Waals surface area contributed by atoms with E-state index in [1.54, 1.807) is 0 Å². The number of aliphatic hydroxyl groups is 1. The topological polar surface area (TPSA) is 117 Å². The zero-order valence-corrected chi connectivity index (χ0v) is 16.0. The predicted octanol–water partition coefficient (Wildman–Crippen LogP) is 1.37. The van der Waals surface area contributed by atoms with E-state index in [1.807, 2.05) is 15.5 Å². The Morgan fingerprint density at radius 2 is 2.17 bits per heavy atom. The lowest BCUT2D eigenvalue weighted by molar-refractivity contribution is 0.180. The number of hydrogen-bond acceptors (Lipinski definition) is 7. The van der Waals surface area contributed by atoms with Crippen LogP contribution in [0.15, 0.2) is 10.9 Å². The van der Waals surface area contributed by atoms with E-state index in [1.165, 1.54) is 13.2 Å². The number of pyridine rings is 1. The highest BCUT2D eigenvalue weighted by Crippen LogP contribution is 2.48. The zero-order valence-electron chi connectivity index (χ0n) is 16.0. The van der Waals surface area contributed by atoms with Gasteiger partial charge in [-0.25, -0.2) is 4.39 Å². The van der Waals surface area contributed by atoms with E-state index in [0.717, 1.165) is 19.3 Å². The maximum Gasteiger partial charge on any atom is 0.197 e. The van der Waals surface area contributed by atoms with Crippen LogP contribution < -0.4 is 26.1 Å². The minimum atomic E-state index is -1.26. The summed E-state index contributed by atoms with van der Waals surface area (Å²) in [5, 5.41) is 23.0. The molecule has 3 atom stereocenters. The molecule has 1 aromatic carbocycles. The van der Waals surface area contributed by atoms with Crippen molar-refractivity contribution in [2.75, 3.05) is 30.4 Å². The molecule has 8 nitrogen and oxygen atoms in total. The fourth-order valence-electron chi connectivity index (χ4n) is 4.61. The first kappa shape index (κ1) is 18.2. The summed E-state index contributed by atoms with van der Waals surface area (Å²) in [6, 6.07) is 2.34. The summed E-state index contributed by atoms with van der Waals surface area (Å²) in [7, 11) is 1.46. The number of aromatic nitrogens is 1. The third kappa shape index (κ3) is 2.52. The number of methoxy groups -OCH3 is 1. The van der Waals surface area contributed by atoms with Crippen molar-refractivity contribution in [1.82, 2.24) is 4.57 Å². The van der Waals surface area contributed by atoms with E-state index in [-0.39, 0.29) is 28.8 Å². The fourth-order valence-corrected chi connectivity index (χ4v) is 4.61. The summed E-state index contributed by atoms with van der Waals surface area (Å²) >= 11 is 0. The van der Waals surface area contributed by atoms with Gasteiger partial charge in [0.2, 0.25) is 0 Å². The molecule has 2 aromatic rings. The Balaban J connectivity index is 1.86. The van der Waals surface area contributed by atoms with Gasteiger partial charge in [0.15, 0.2) is 17.0 Å². The first-order valence-corrected chi connectivity index (χ1v) is 9.79. The minimum Gasteiger partial charge on any atom is -0.492 e. The fraction of sp³-hybridized carbons (Fsp3) is 0.500. The lowest BCUT2D eigenvalue weighted by Crippen LogP contribution is -2.28. The van der Waals surface area contributed by atoms with Gasteiger partial charge in [-0.15, -0.1) is 0 Å². The number of nitrogens with two attached hydrogens (primary N) is 1. The van der Waals surface area contributed by atoms with Crippen molar-refractivity contribution in [1.29, 1.82) is 5.26 Å². The molecular formula is C20H22FN5O3. The van der Waals surface area contributed by atoms with Crippen molar-refractivity contribution in [3.05, 3.63) is 27.7 Å². The first-order chi connectivity index (χ1) is 14.0. The summed E-state index contributed by atoms with van der Waals surface area (Å²) in [6.07, 6.45) is 1.27. The molecule has 0 spiro atoms. The molecule has 2 aliphatic heterocycles. The average molecular weight is 399 g/mol. The third-order valence-electron chi connectivity index (χ3n) is 6.11. The molecule has 9 heteroatoms. The Morgan fingerprint density at radius 1 is 1.41 bits per heavy atom. The minimum absolute atomic E-state index is 0.0475. The van der Waals surface area contributed by atoms with E-state index >= 15 is 4.39 Å². The van der Waals surface area contributed by atoms with Crippen molar-refractivity contribution in [2.45, 2.75) is 43.5 Å². The molecule has 152 valence electrons. The van der Waals surface area contributed by atoms with E-state index < -0.39 is 23.4 Å². The molecule has 1 saturated carbocycles. The van der Waals surface area contributed by atoms with Crippen molar-refractivity contribution in [3.63, 3.8) is 0 Å². The van der Waals surface area contributed by atoms with Crippen LogP contribution in [0, 0.1) is 17.1 Å². The standard InChI is InChI=1S/C20H22FN5O3/c1-29-19-15-11(6-12(21)16(19)25-5-4-9(23)8-25)17(27)14-18(28)13(7-22)24-20(14)26(15)10-2-3-10/h6,9-10,13,18,24,28H,2-5,8,23H2,1H3/t9-,13?,18?/m0/s1. The quantitative estimate of drug-likeness (QED) is 0.714. The lowest BCUT2D eigenvalue weighted by Gasteiger charge is -2.25. The van der Waals surface area contributed by atoms with Crippen molar-refractivity contribution in [2.24, 2.45) is 5.73 Å². The number of nitrogens with zero attached hydrogens (tertiary/aromatic N) is 3. The van der Waals surface area contributed by atoms with Crippen LogP contribution in [-0.2, 0) is 0 Å². The number of ether oxygens (including phenoxy) is 1. The summed E-state index contributed by atoms with van der Waals surface area (Å²) < 4.78 is 22.8. The Labute approximate surface area is 166 Å². The average Bonchev–Trinajstić information content (AvgIpc) is 3.36. The van der Waals surface area contributed by atoms with Crippen molar-refractivity contribution >= 4 is 22.4 Å². The van der Waals surface area contributed by atoms with Crippen LogP contribution in [0.3, 0.4) is 0 Å². The predicted molar refractivity (Wildman–Crippen MR) is 106 cm³/mol. The second kappa shape index (κ2) is 6.34. The van der Waals surface area contributed by atoms with Crippen LogP contribution >= 0.6 is 0 Å². The SMILES string of the molecule is COc1c(N2CC[C@H](N)C2)c(F)cc2c(=O)c3c(n(C4CC4)c12)NC(C#N)C3O. The molecule has 3 heterocycles. The molecule has 1 saturated heterocycles. The second-order valence-corrected chi connectivity index (χ2v) is 8.02. The van der Waals surface area contributed by atoms with Crippen LogP contribution in [0.25, 0.3) is 10.9 Å². The summed E-state index contributed by atoms with van der Waals surface area (Å²) in [4.78, 5) is 15.1. The van der Waals surface area contributed by atoms with Crippen LogP contribution in [0.2, 0.25) is 0 Å². The van der Waals surface area contributed by atoms with Crippen molar-refractivity contribution in [3.8, 4) is 11.8 Å². The van der Waals surface area contributed by atoms with E-state index in [0.29, 0.717) is 30.1 Å². The second-order valence-electron chi connectivity index (χ2n) is 8.02. The van der Waals surface area contributed by atoms with Gasteiger partial charge in [0, 0.05) is 25.2 Å². The third-order valence-corrected chi connectivity index (χ3v) is 6.11. The molecule has 0 bridgehead atoms. The molecule has 0 amide bonds. The summed E-state index contributed by atoms with van der Waals surface area (Å²) in [5.74, 6) is 0.163. The molecular weight excluding hydrogens is 377 g/mol. The molecule has 1 aliphatic carbocycles. The largest absolute Gasteiger partial charge is 0.492 e. The van der Waals surface area contributed by atoms with Gasteiger partial charge in [-0.05, 0) is 25.3 Å². The van der Waals surface area contributed by atoms with E-state index in [4.69, 9.17) is 10.5 Å². The smallest absolute Gasteiger partial charge is 0.197 e. The van der Waals surface area contributed by atoms with Gasteiger partial charge in [0.1, 0.15) is 23.7 Å². The van der Waals surface area contributed by atoms with Crippen LogP contribution in [0.1, 0.15) is 37.0 Å². The summed E-state index contributed by atoms with van der Waals surface area (Å²) in [6.45, 7) is 1.11. The number of nitrogens with one attached hydrogen (secondary N) is 1. The highest BCUT2D eigenvalue weighted by atomic mass is 19.1. The molecule has 1 aromatic heterocycles. The normalized spacial score (nSPS) is 25.8. The first-order valence-electron chi connectivity index (χ1n) is 9.79. The number of benzene rings is 1. The van der Waals surface area contributed by atoms with Crippen LogP contribution in [-0.4, -0.2) is 42.0 Å². The monoisotopic (exact) mass is 399 g/mol. The Kier molecular flexibility index (Phi) is 3.98. The molecule has 5 rings (SSSR count). The highest BCUT2D eigenvalue weighted by molar-refractivity contribution is 5.94. The Hall–Kier alpha value is -2.83. The molecule has 0 radical (unpaired) electrons. The number of halogens is 1. The van der Waals surface area contributed by atoms with Gasteiger partial charge in [0.25, 0.3) is 0 Å². The Morgan fingerprint density at radius 3 is 2.76 bits per heavy atom. The van der Waals surface area contributed by atoms with Gasteiger partial charge < -0.3 is 30.4 Å². The van der Waals surface area contributed by atoms with Gasteiger partial charge >= 0.3 is 0 Å². The number of anilines is 2. The van der Waals surface area contributed by atoms with Crippen LogP contribution in [0.5, 0.6) is 5.75 Å². The number of fused-ring (bicyclic) bond motifs is 2. The number of nitriles is 1. The van der Waals surface area contributed by atoms with E-state index in [2.05, 4.69) is 5.32 Å². The zero-order chi connectivity index (χ0) is 20.4. The molecule has 2 fully saturated rings. The van der Waals surface area contributed by atoms with Gasteiger partial charge in [-0.3, -0.25) is 4.79 Å². The van der Waals surface area contributed by atoms with Crippen LogP contribution in [0.4, 0.5) is 15.9 Å². The number of hydrogen-bond donors (Lipinski definition) is 3. The maximum absolute atomic E-state index is 15.2. The lowest BCUT2D eigenvalue weighted by atomic mass is 10.0. The summed E-state index contributed by atoms with van der Waals surface area (Å²) in [5.41, 5.74) is 6.46. The molecule has 4 N–H and O–H groups in total. The number of aliphatic hydroxyl groups excluding tert-OH is 1. The molecule has 2 unspecified atom stereocenters. The molecule has 29 heavy (non-hydrogen) atoms. The molecule has 3 aliphatic rings. The highest BCUT2D eigenvalue weighted by Gasteiger charge is 2.41. The number of rotatable bonds is 3. The van der Waals surface area contributed by atoms with Gasteiger partial charge in [0.05, 0.1) is 29.6 Å². The Bertz CT molecular complexity index is 1120. The van der Waals surface area contributed by atoms with E-state index in [9.17, 15) is 15.2 Å². The van der Waals surface area contributed by atoms with Gasteiger partial charge in [-0.2, -0.15) is 5.26 Å².